The van der Waals surface area contributed by atoms with E-state index in [1.165, 1.54) is 89.2 Å². The first-order valence-electron chi connectivity index (χ1n) is 28.0. The van der Waals surface area contributed by atoms with Gasteiger partial charge in [-0.05, 0) is 155 Å². The molecule has 0 amide bonds. The fourth-order valence-electron chi connectivity index (χ4n) is 13.1. The number of nitrogens with zero attached hydrogens (tertiary/aromatic N) is 4. The summed E-state index contributed by atoms with van der Waals surface area (Å²) in [4.78, 5) is 7.65. The number of hydrogen-bond acceptors (Lipinski definition) is 3. The van der Waals surface area contributed by atoms with Gasteiger partial charge in [-0.15, -0.1) is 0 Å². The first-order chi connectivity index (χ1) is 38.5. The van der Waals surface area contributed by atoms with Gasteiger partial charge in [0.2, 0.25) is 0 Å². The molecule has 0 saturated carbocycles. The Morgan fingerprint density at radius 1 is 0.500 bits per heavy atom. The van der Waals surface area contributed by atoms with Crippen LogP contribution in [-0.2, 0) is 0 Å². The van der Waals surface area contributed by atoms with Crippen LogP contribution in [0.1, 0.15) is 38.7 Å². The van der Waals surface area contributed by atoms with Crippen LogP contribution in [0.2, 0.25) is 0 Å². The van der Waals surface area contributed by atoms with E-state index in [2.05, 4.69) is 306 Å². The molecule has 0 bridgehead atoms. The molecular formula is C74H62N4. The highest BCUT2D eigenvalue weighted by Crippen LogP contribution is 2.48. The molecule has 1 saturated heterocycles. The van der Waals surface area contributed by atoms with Crippen LogP contribution >= 0.6 is 0 Å². The molecule has 4 heteroatoms. The highest BCUT2D eigenvalue weighted by molar-refractivity contribution is 6.12. The first-order valence-corrected chi connectivity index (χ1v) is 28.0. The van der Waals surface area contributed by atoms with Crippen molar-refractivity contribution in [2.75, 3.05) is 14.7 Å². The summed E-state index contributed by atoms with van der Waals surface area (Å²) in [5, 5.41) is 2.50. The lowest BCUT2D eigenvalue weighted by Crippen LogP contribution is -2.37. The van der Waals surface area contributed by atoms with Gasteiger partial charge in [0.1, 0.15) is 0 Å². The van der Waals surface area contributed by atoms with Crippen molar-refractivity contribution < 1.29 is 0 Å². The predicted octanol–water partition coefficient (Wildman–Crippen LogP) is 19.1. The van der Waals surface area contributed by atoms with Crippen molar-refractivity contribution in [1.82, 2.24) is 4.57 Å². The lowest BCUT2D eigenvalue weighted by molar-refractivity contribution is 0.666. The Bertz CT molecular complexity index is 4000. The molecule has 1 aromatic heterocycles. The van der Waals surface area contributed by atoms with Crippen LogP contribution in [0.25, 0.3) is 55.3 Å². The highest BCUT2D eigenvalue weighted by Gasteiger charge is 2.44. The standard InChI is InChI=1S/C74H62N4/c1-51-19-16-28-61(45-51)78-72-34-15-13-32-67(72)68-49-64(40-43-74(68)78)75(62-29-17-24-56(47-62)53-20-6-3-7-21-53)60-38-35-55(36-39-60)58-37-42-70(52(2)46-58)76(63-30-18-25-57(48-63)54-22-8-4-9-23-54)65-41-44-73-69(50-65)66-31-12-14-33-71(66)77(73)59-26-10-5-11-27-59/h3-18,20-43,45,47-52,66,71,73H,19,44,46H2,1-2H3/t51-,52?,66?,71?,73?/m1/s1. The third-order valence-electron chi connectivity index (χ3n) is 16.8. The van der Waals surface area contributed by atoms with E-state index in [1.54, 1.807) is 0 Å². The van der Waals surface area contributed by atoms with E-state index >= 15 is 0 Å². The average molecular weight is 1010 g/mol. The van der Waals surface area contributed by atoms with E-state index < -0.39 is 0 Å². The number of allylic oxidation sites excluding steroid dienone is 11. The number of rotatable bonds is 11. The maximum Gasteiger partial charge on any atom is 0.0583 e. The molecule has 0 N–H and O–H groups in total. The van der Waals surface area contributed by atoms with Crippen LogP contribution < -0.4 is 14.7 Å². The molecule has 5 aliphatic rings. The van der Waals surface area contributed by atoms with Crippen LogP contribution in [-0.4, -0.2) is 16.7 Å². The van der Waals surface area contributed by atoms with Crippen molar-refractivity contribution >= 4 is 61.5 Å². The number of aromatic nitrogens is 1. The van der Waals surface area contributed by atoms with Crippen molar-refractivity contribution in [3.8, 4) is 22.3 Å². The Hall–Kier alpha value is -9.12. The van der Waals surface area contributed by atoms with Crippen LogP contribution in [0.15, 0.2) is 290 Å². The molecule has 9 aromatic rings. The van der Waals surface area contributed by atoms with E-state index in [0.29, 0.717) is 17.9 Å². The summed E-state index contributed by atoms with van der Waals surface area (Å²) in [5.41, 5.74) is 21.0. The second-order valence-electron chi connectivity index (χ2n) is 21.8. The van der Waals surface area contributed by atoms with Crippen LogP contribution in [0.5, 0.6) is 0 Å². The maximum absolute atomic E-state index is 2.65. The Kier molecular flexibility index (Phi) is 12.2. The fourth-order valence-corrected chi connectivity index (χ4v) is 13.1. The van der Waals surface area contributed by atoms with Crippen molar-refractivity contribution in [3.63, 3.8) is 0 Å². The van der Waals surface area contributed by atoms with Gasteiger partial charge in [-0.25, -0.2) is 0 Å². The van der Waals surface area contributed by atoms with Crippen molar-refractivity contribution in [3.05, 3.63) is 296 Å². The van der Waals surface area contributed by atoms with Crippen molar-refractivity contribution in [2.24, 2.45) is 17.8 Å². The Labute approximate surface area is 459 Å². The summed E-state index contributed by atoms with van der Waals surface area (Å²) in [6.45, 7) is 4.72. The van der Waals surface area contributed by atoms with E-state index in [0.717, 1.165) is 36.3 Å². The van der Waals surface area contributed by atoms with Gasteiger partial charge < -0.3 is 19.3 Å². The van der Waals surface area contributed by atoms with Gasteiger partial charge in [0, 0.05) is 68.1 Å². The SMILES string of the molecule is CC1CC(c2ccc(N(c3cccc(-c4ccccc4)c3)c3ccc4c(c3)c3ccccc3n4C3=C[C@H](C)CC=C3)cc2)=CC=C1N(C1=CCC2C(=C1)C1C=CC=CC1N2c1ccccc1)c1cccc(-c2ccccc2)c1. The van der Waals surface area contributed by atoms with Gasteiger partial charge in [0.25, 0.3) is 0 Å². The van der Waals surface area contributed by atoms with Gasteiger partial charge in [0.15, 0.2) is 0 Å². The summed E-state index contributed by atoms with van der Waals surface area (Å²) in [6, 6.07) is 76.5. The summed E-state index contributed by atoms with van der Waals surface area (Å²) in [5.74, 6) is 1.04. The van der Waals surface area contributed by atoms with Gasteiger partial charge in [0.05, 0.1) is 23.1 Å². The predicted molar refractivity (Wildman–Crippen MR) is 330 cm³/mol. The molecule has 4 nitrogen and oxygen atoms in total. The van der Waals surface area contributed by atoms with Crippen LogP contribution in [0, 0.1) is 17.8 Å². The molecule has 4 unspecified atom stereocenters. The second kappa shape index (κ2) is 20.1. The Morgan fingerprint density at radius 3 is 1.85 bits per heavy atom. The van der Waals surface area contributed by atoms with E-state index in [9.17, 15) is 0 Å². The molecule has 1 fully saturated rings. The van der Waals surface area contributed by atoms with Gasteiger partial charge in [-0.3, -0.25) is 0 Å². The molecule has 4 aliphatic carbocycles. The maximum atomic E-state index is 2.65. The summed E-state index contributed by atoms with van der Waals surface area (Å²) in [7, 11) is 0. The number of anilines is 5. The van der Waals surface area contributed by atoms with Gasteiger partial charge in [-0.1, -0.05) is 196 Å². The van der Waals surface area contributed by atoms with Gasteiger partial charge >= 0.3 is 0 Å². The number of fused-ring (bicyclic) bond motifs is 6. The lowest BCUT2D eigenvalue weighted by atomic mass is 9.85. The quantitative estimate of drug-likeness (QED) is 0.128. The van der Waals surface area contributed by atoms with Crippen molar-refractivity contribution in [2.45, 2.75) is 45.2 Å². The summed E-state index contributed by atoms with van der Waals surface area (Å²) >= 11 is 0. The lowest BCUT2D eigenvalue weighted by Gasteiger charge is -2.37. The van der Waals surface area contributed by atoms with E-state index in [4.69, 9.17) is 0 Å². The Balaban J connectivity index is 0.840. The molecule has 8 aromatic carbocycles. The van der Waals surface area contributed by atoms with Crippen LogP contribution in [0.4, 0.5) is 28.4 Å². The number of para-hydroxylation sites is 2. The third-order valence-corrected chi connectivity index (χ3v) is 16.8. The zero-order valence-electron chi connectivity index (χ0n) is 44.3. The molecule has 2 heterocycles. The number of hydrogen-bond donors (Lipinski definition) is 0. The van der Waals surface area contributed by atoms with Gasteiger partial charge in [-0.2, -0.15) is 0 Å². The summed E-state index contributed by atoms with van der Waals surface area (Å²) in [6.07, 6.45) is 29.1. The molecular weight excluding hydrogens is 945 g/mol. The zero-order valence-corrected chi connectivity index (χ0v) is 44.3. The van der Waals surface area contributed by atoms with E-state index in [1.807, 2.05) is 0 Å². The zero-order chi connectivity index (χ0) is 52.1. The monoisotopic (exact) mass is 1010 g/mol. The molecule has 14 rings (SSSR count). The number of benzene rings is 8. The highest BCUT2D eigenvalue weighted by atomic mass is 15.2. The minimum atomic E-state index is 0.242. The fraction of sp³-hybridized carbons (Fsp3) is 0.135. The van der Waals surface area contributed by atoms with E-state index in [-0.39, 0.29) is 12.0 Å². The molecule has 78 heavy (non-hydrogen) atoms. The van der Waals surface area contributed by atoms with Crippen molar-refractivity contribution in [1.29, 1.82) is 0 Å². The average Bonchev–Trinajstić information content (AvgIpc) is 4.11. The topological polar surface area (TPSA) is 14.7 Å². The molecule has 0 radical (unpaired) electrons. The molecule has 378 valence electrons. The molecule has 5 atom stereocenters. The molecule has 0 spiro atoms. The minimum absolute atomic E-state index is 0.242. The second-order valence-corrected chi connectivity index (χ2v) is 21.8. The Morgan fingerprint density at radius 2 is 1.13 bits per heavy atom. The summed E-state index contributed by atoms with van der Waals surface area (Å²) < 4.78 is 2.45. The smallest absolute Gasteiger partial charge is 0.0583 e. The largest absolute Gasteiger partial charge is 0.357 e. The first kappa shape index (κ1) is 47.3. The normalized spacial score (nSPS) is 20.4. The van der Waals surface area contributed by atoms with Crippen LogP contribution in [0.3, 0.4) is 0 Å². The minimum Gasteiger partial charge on any atom is -0.357 e. The third kappa shape index (κ3) is 8.58. The molecule has 1 aliphatic heterocycles.